The predicted octanol–water partition coefficient (Wildman–Crippen LogP) is 3.11. The van der Waals surface area contributed by atoms with Crippen LogP contribution in [0, 0.1) is 0 Å². The molecule has 1 unspecified atom stereocenters. The third-order valence-electron chi connectivity index (χ3n) is 3.65. The Bertz CT molecular complexity index is 510. The first-order chi connectivity index (χ1) is 9.97. The van der Waals surface area contributed by atoms with Crippen molar-refractivity contribution in [1.29, 1.82) is 0 Å². The molecule has 0 aromatic heterocycles. The Hall–Kier alpha value is -2.04. The van der Waals surface area contributed by atoms with Gasteiger partial charge < -0.3 is 14.7 Å². The van der Waals surface area contributed by atoms with E-state index in [9.17, 15) is 9.59 Å². The first kappa shape index (κ1) is 15.4. The SMILES string of the molecule is CC(C)OC(=O)N1CCCC(c2ccc(C(=O)O)cc2)C1. The van der Waals surface area contributed by atoms with Crippen molar-refractivity contribution in [1.82, 2.24) is 4.90 Å². The fourth-order valence-electron chi connectivity index (χ4n) is 2.59. The van der Waals surface area contributed by atoms with Gasteiger partial charge in [-0.25, -0.2) is 9.59 Å². The highest BCUT2D eigenvalue weighted by molar-refractivity contribution is 5.87. The number of carboxylic acid groups (broad SMARTS) is 1. The van der Waals surface area contributed by atoms with E-state index in [2.05, 4.69) is 0 Å². The highest BCUT2D eigenvalue weighted by Crippen LogP contribution is 2.27. The van der Waals surface area contributed by atoms with Crippen LogP contribution in [0.5, 0.6) is 0 Å². The molecule has 1 atom stereocenters. The van der Waals surface area contributed by atoms with Crippen molar-refractivity contribution >= 4 is 12.1 Å². The molecule has 1 aromatic rings. The van der Waals surface area contributed by atoms with Crippen molar-refractivity contribution in [3.63, 3.8) is 0 Å². The highest BCUT2D eigenvalue weighted by Gasteiger charge is 2.26. The van der Waals surface area contributed by atoms with Gasteiger partial charge in [0.25, 0.3) is 0 Å². The summed E-state index contributed by atoms with van der Waals surface area (Å²) in [6, 6.07) is 6.91. The van der Waals surface area contributed by atoms with E-state index in [1.165, 1.54) is 0 Å². The average Bonchev–Trinajstić information content (AvgIpc) is 2.47. The molecule has 5 heteroatoms. The normalized spacial score (nSPS) is 18.6. The van der Waals surface area contributed by atoms with Gasteiger partial charge in [-0.1, -0.05) is 12.1 Å². The number of hydrogen-bond donors (Lipinski definition) is 1. The summed E-state index contributed by atoms with van der Waals surface area (Å²) in [5.41, 5.74) is 1.35. The predicted molar refractivity (Wildman–Crippen MR) is 78.6 cm³/mol. The maximum atomic E-state index is 12.0. The van der Waals surface area contributed by atoms with Gasteiger partial charge in [-0.2, -0.15) is 0 Å². The average molecular weight is 291 g/mol. The number of carbonyl (C=O) groups excluding carboxylic acids is 1. The number of amides is 1. The van der Waals surface area contributed by atoms with E-state index in [1.54, 1.807) is 17.0 Å². The maximum absolute atomic E-state index is 12.0. The fraction of sp³-hybridized carbons (Fsp3) is 0.500. The minimum Gasteiger partial charge on any atom is -0.478 e. The molecule has 1 fully saturated rings. The van der Waals surface area contributed by atoms with Crippen molar-refractivity contribution in [2.24, 2.45) is 0 Å². The van der Waals surface area contributed by atoms with E-state index >= 15 is 0 Å². The zero-order chi connectivity index (χ0) is 15.4. The third kappa shape index (κ3) is 3.97. The van der Waals surface area contributed by atoms with E-state index in [0.717, 1.165) is 24.9 Å². The number of piperidine rings is 1. The quantitative estimate of drug-likeness (QED) is 0.929. The van der Waals surface area contributed by atoms with Crippen LogP contribution in [0.2, 0.25) is 0 Å². The van der Waals surface area contributed by atoms with Gasteiger partial charge in [0.15, 0.2) is 0 Å². The smallest absolute Gasteiger partial charge is 0.410 e. The summed E-state index contributed by atoms with van der Waals surface area (Å²) in [5, 5.41) is 8.92. The number of carboxylic acids is 1. The minimum absolute atomic E-state index is 0.118. The minimum atomic E-state index is -0.924. The number of rotatable bonds is 3. The van der Waals surface area contributed by atoms with E-state index < -0.39 is 5.97 Å². The van der Waals surface area contributed by atoms with Gasteiger partial charge >= 0.3 is 12.1 Å². The van der Waals surface area contributed by atoms with Gasteiger partial charge in [0, 0.05) is 19.0 Å². The maximum Gasteiger partial charge on any atom is 0.410 e. The lowest BCUT2D eigenvalue weighted by Crippen LogP contribution is -2.40. The van der Waals surface area contributed by atoms with Crippen LogP contribution in [-0.4, -0.2) is 41.3 Å². The number of carbonyl (C=O) groups is 2. The van der Waals surface area contributed by atoms with E-state index in [4.69, 9.17) is 9.84 Å². The molecule has 0 bridgehead atoms. The summed E-state index contributed by atoms with van der Waals surface area (Å²) >= 11 is 0. The summed E-state index contributed by atoms with van der Waals surface area (Å²) in [6.07, 6.45) is 1.54. The van der Waals surface area contributed by atoms with Crippen LogP contribution in [0.4, 0.5) is 4.79 Å². The van der Waals surface area contributed by atoms with Crippen LogP contribution in [0.1, 0.15) is 48.5 Å². The molecule has 1 N–H and O–H groups in total. The molecule has 1 aliphatic heterocycles. The van der Waals surface area contributed by atoms with Crippen LogP contribution in [0.15, 0.2) is 24.3 Å². The molecule has 2 rings (SSSR count). The summed E-state index contributed by atoms with van der Waals surface area (Å²) in [4.78, 5) is 24.6. The van der Waals surface area contributed by atoms with Crippen molar-refractivity contribution < 1.29 is 19.4 Å². The van der Waals surface area contributed by atoms with Gasteiger partial charge in [0.2, 0.25) is 0 Å². The molecule has 0 saturated carbocycles. The Morgan fingerprint density at radius 2 is 1.95 bits per heavy atom. The Kier molecular flexibility index (Phi) is 4.83. The van der Waals surface area contributed by atoms with Gasteiger partial charge in [-0.05, 0) is 44.4 Å². The molecule has 1 heterocycles. The van der Waals surface area contributed by atoms with Crippen LogP contribution in [0.3, 0.4) is 0 Å². The molecular formula is C16H21NO4. The summed E-state index contributed by atoms with van der Waals surface area (Å²) in [7, 11) is 0. The number of nitrogens with zero attached hydrogens (tertiary/aromatic N) is 1. The molecule has 114 valence electrons. The lowest BCUT2D eigenvalue weighted by atomic mass is 9.90. The van der Waals surface area contributed by atoms with Crippen LogP contribution < -0.4 is 0 Å². The number of aromatic carboxylic acids is 1. The zero-order valence-corrected chi connectivity index (χ0v) is 12.4. The van der Waals surface area contributed by atoms with Crippen molar-refractivity contribution in [2.75, 3.05) is 13.1 Å². The molecule has 1 aliphatic rings. The molecule has 0 aliphatic carbocycles. The first-order valence-corrected chi connectivity index (χ1v) is 7.26. The number of benzene rings is 1. The lowest BCUT2D eigenvalue weighted by Gasteiger charge is -2.32. The Morgan fingerprint density at radius 3 is 2.52 bits per heavy atom. The molecular weight excluding hydrogens is 270 g/mol. The van der Waals surface area contributed by atoms with Crippen LogP contribution in [-0.2, 0) is 4.74 Å². The summed E-state index contributed by atoms with van der Waals surface area (Å²) in [5.74, 6) is -0.686. The van der Waals surface area contributed by atoms with Gasteiger partial charge in [0.1, 0.15) is 0 Å². The van der Waals surface area contributed by atoms with E-state index in [0.29, 0.717) is 6.54 Å². The Labute approximate surface area is 124 Å². The zero-order valence-electron chi connectivity index (χ0n) is 12.4. The monoisotopic (exact) mass is 291 g/mol. The first-order valence-electron chi connectivity index (χ1n) is 7.26. The van der Waals surface area contributed by atoms with Crippen LogP contribution >= 0.6 is 0 Å². The van der Waals surface area contributed by atoms with Gasteiger partial charge in [0.05, 0.1) is 11.7 Å². The second kappa shape index (κ2) is 6.61. The Morgan fingerprint density at radius 1 is 1.29 bits per heavy atom. The largest absolute Gasteiger partial charge is 0.478 e. The van der Waals surface area contributed by atoms with Gasteiger partial charge in [-0.3, -0.25) is 0 Å². The molecule has 1 amide bonds. The van der Waals surface area contributed by atoms with Crippen molar-refractivity contribution in [3.05, 3.63) is 35.4 Å². The molecule has 21 heavy (non-hydrogen) atoms. The third-order valence-corrected chi connectivity index (χ3v) is 3.65. The number of likely N-dealkylation sites (tertiary alicyclic amines) is 1. The fourth-order valence-corrected chi connectivity index (χ4v) is 2.59. The van der Waals surface area contributed by atoms with E-state index in [1.807, 2.05) is 26.0 Å². The molecule has 0 radical (unpaired) electrons. The summed E-state index contributed by atoms with van der Waals surface area (Å²) < 4.78 is 5.23. The summed E-state index contributed by atoms with van der Waals surface area (Å²) in [6.45, 7) is 5.02. The molecule has 1 aromatic carbocycles. The van der Waals surface area contributed by atoms with Crippen molar-refractivity contribution in [3.8, 4) is 0 Å². The molecule has 0 spiro atoms. The second-order valence-corrected chi connectivity index (χ2v) is 5.64. The Balaban J connectivity index is 2.03. The molecule has 1 saturated heterocycles. The highest BCUT2D eigenvalue weighted by atomic mass is 16.6. The topological polar surface area (TPSA) is 66.8 Å². The second-order valence-electron chi connectivity index (χ2n) is 5.64. The van der Waals surface area contributed by atoms with E-state index in [-0.39, 0.29) is 23.7 Å². The van der Waals surface area contributed by atoms with Gasteiger partial charge in [-0.15, -0.1) is 0 Å². The number of hydrogen-bond acceptors (Lipinski definition) is 3. The molecule has 5 nitrogen and oxygen atoms in total. The lowest BCUT2D eigenvalue weighted by molar-refractivity contribution is 0.0679. The van der Waals surface area contributed by atoms with Crippen LogP contribution in [0.25, 0.3) is 0 Å². The van der Waals surface area contributed by atoms with Crippen molar-refractivity contribution in [2.45, 2.75) is 38.7 Å². The standard InChI is InChI=1S/C16H21NO4/c1-11(2)21-16(20)17-9-3-4-14(10-17)12-5-7-13(8-6-12)15(18)19/h5-8,11,14H,3-4,9-10H2,1-2H3,(H,18,19). The number of ether oxygens (including phenoxy) is 1.